The van der Waals surface area contributed by atoms with Crippen LogP contribution in [0.4, 0.5) is 11.5 Å². The van der Waals surface area contributed by atoms with Crippen molar-refractivity contribution < 1.29 is 9.90 Å². The van der Waals surface area contributed by atoms with E-state index in [1.54, 1.807) is 31.2 Å². The summed E-state index contributed by atoms with van der Waals surface area (Å²) in [6, 6.07) is 6.92. The maximum Gasteiger partial charge on any atom is 0.341 e. The van der Waals surface area contributed by atoms with Crippen LogP contribution in [0.15, 0.2) is 24.3 Å². The lowest BCUT2D eigenvalue weighted by Crippen LogP contribution is -2.02. The number of nitrogens with zero attached hydrogens (tertiary/aromatic N) is 1. The Labute approximate surface area is 102 Å². The van der Waals surface area contributed by atoms with Gasteiger partial charge < -0.3 is 10.4 Å². The van der Waals surface area contributed by atoms with E-state index in [0.717, 1.165) is 5.69 Å². The molecule has 0 fully saturated rings. The molecule has 1 heterocycles. The smallest absolute Gasteiger partial charge is 0.341 e. The molecule has 5 nitrogen and oxygen atoms in total. The zero-order valence-corrected chi connectivity index (χ0v) is 9.75. The van der Waals surface area contributed by atoms with E-state index in [0.29, 0.717) is 10.7 Å². The molecule has 3 N–H and O–H groups in total. The van der Waals surface area contributed by atoms with Crippen LogP contribution in [0.1, 0.15) is 16.1 Å². The van der Waals surface area contributed by atoms with Gasteiger partial charge in [0.25, 0.3) is 0 Å². The fourth-order valence-corrected chi connectivity index (χ4v) is 1.58. The van der Waals surface area contributed by atoms with Crippen LogP contribution in [0.5, 0.6) is 0 Å². The number of hydrogen-bond donors (Lipinski definition) is 3. The molecule has 0 radical (unpaired) electrons. The Kier molecular flexibility index (Phi) is 3.01. The van der Waals surface area contributed by atoms with E-state index in [2.05, 4.69) is 15.5 Å². The molecule has 0 unspecified atom stereocenters. The monoisotopic (exact) mass is 251 g/mol. The number of aryl methyl sites for hydroxylation is 1. The molecule has 2 rings (SSSR count). The van der Waals surface area contributed by atoms with Crippen LogP contribution >= 0.6 is 11.6 Å². The first-order chi connectivity index (χ1) is 8.08. The van der Waals surface area contributed by atoms with Gasteiger partial charge in [-0.3, -0.25) is 5.10 Å². The topological polar surface area (TPSA) is 78.0 Å². The predicted octanol–water partition coefficient (Wildman–Crippen LogP) is 2.81. The molecule has 0 bridgehead atoms. The van der Waals surface area contributed by atoms with Crippen molar-refractivity contribution in [2.75, 3.05) is 5.32 Å². The molecule has 0 saturated carbocycles. The van der Waals surface area contributed by atoms with Crippen molar-refractivity contribution in [3.8, 4) is 0 Å². The average molecular weight is 252 g/mol. The summed E-state index contributed by atoms with van der Waals surface area (Å²) in [5, 5.41) is 19.1. The van der Waals surface area contributed by atoms with Gasteiger partial charge >= 0.3 is 5.97 Å². The molecular weight excluding hydrogens is 242 g/mol. The predicted molar refractivity (Wildman–Crippen MR) is 65.0 cm³/mol. The molecule has 2 aromatic rings. The Morgan fingerprint density at radius 1 is 1.41 bits per heavy atom. The van der Waals surface area contributed by atoms with Crippen LogP contribution in [0.2, 0.25) is 5.02 Å². The quantitative estimate of drug-likeness (QED) is 0.784. The molecule has 0 atom stereocenters. The van der Waals surface area contributed by atoms with Gasteiger partial charge in [-0.2, -0.15) is 5.10 Å². The fraction of sp³-hybridized carbons (Fsp3) is 0.0909. The van der Waals surface area contributed by atoms with Crippen molar-refractivity contribution in [1.82, 2.24) is 10.2 Å². The van der Waals surface area contributed by atoms with Crippen LogP contribution in [-0.2, 0) is 0 Å². The van der Waals surface area contributed by atoms with Crippen LogP contribution in [0, 0.1) is 6.92 Å². The normalized spacial score (nSPS) is 10.2. The van der Waals surface area contributed by atoms with E-state index in [4.69, 9.17) is 16.7 Å². The van der Waals surface area contributed by atoms with Crippen molar-refractivity contribution >= 4 is 29.1 Å². The number of halogens is 1. The van der Waals surface area contributed by atoms with E-state index in [9.17, 15) is 4.79 Å². The molecule has 1 aromatic carbocycles. The third-order valence-electron chi connectivity index (χ3n) is 2.27. The number of benzene rings is 1. The van der Waals surface area contributed by atoms with Gasteiger partial charge in [-0.05, 0) is 31.2 Å². The maximum absolute atomic E-state index is 11.0. The number of carboxylic acids is 1. The Balaban J connectivity index is 2.30. The highest BCUT2D eigenvalue weighted by Gasteiger charge is 2.16. The number of anilines is 2. The maximum atomic E-state index is 11.0. The molecule has 6 heteroatoms. The minimum absolute atomic E-state index is 0.139. The Bertz CT molecular complexity index is 548. The van der Waals surface area contributed by atoms with Gasteiger partial charge in [-0.25, -0.2) is 4.79 Å². The summed E-state index contributed by atoms with van der Waals surface area (Å²) in [6.45, 7) is 1.66. The third-order valence-corrected chi connectivity index (χ3v) is 2.52. The van der Waals surface area contributed by atoms with Crippen molar-refractivity contribution in [2.24, 2.45) is 0 Å². The van der Waals surface area contributed by atoms with Crippen LogP contribution < -0.4 is 5.32 Å². The van der Waals surface area contributed by atoms with Crippen molar-refractivity contribution in [1.29, 1.82) is 0 Å². The van der Waals surface area contributed by atoms with Crippen LogP contribution in [0.25, 0.3) is 0 Å². The van der Waals surface area contributed by atoms with Crippen LogP contribution in [0.3, 0.4) is 0 Å². The van der Waals surface area contributed by atoms with E-state index in [1.807, 2.05) is 0 Å². The van der Waals surface area contributed by atoms with E-state index >= 15 is 0 Å². The van der Waals surface area contributed by atoms with Gasteiger partial charge in [-0.1, -0.05) is 11.6 Å². The molecule has 0 saturated heterocycles. The van der Waals surface area contributed by atoms with Gasteiger partial charge in [0.05, 0.1) is 0 Å². The number of aromatic nitrogens is 2. The minimum atomic E-state index is -1.02. The second-order valence-corrected chi connectivity index (χ2v) is 3.95. The molecule has 0 spiro atoms. The second kappa shape index (κ2) is 4.47. The molecule has 17 heavy (non-hydrogen) atoms. The molecule has 0 aliphatic rings. The molecular formula is C11H10ClN3O2. The highest BCUT2D eigenvalue weighted by molar-refractivity contribution is 6.30. The Morgan fingerprint density at radius 3 is 2.65 bits per heavy atom. The summed E-state index contributed by atoms with van der Waals surface area (Å²) in [7, 11) is 0. The molecule has 0 aliphatic carbocycles. The first-order valence-corrected chi connectivity index (χ1v) is 5.26. The van der Waals surface area contributed by atoms with Crippen LogP contribution in [-0.4, -0.2) is 21.3 Å². The summed E-state index contributed by atoms with van der Waals surface area (Å²) in [4.78, 5) is 11.0. The molecule has 88 valence electrons. The lowest BCUT2D eigenvalue weighted by molar-refractivity contribution is 0.0697. The highest BCUT2D eigenvalue weighted by Crippen LogP contribution is 2.22. The molecule has 0 aliphatic heterocycles. The number of aromatic carboxylic acids is 1. The lowest BCUT2D eigenvalue weighted by Gasteiger charge is -2.04. The largest absolute Gasteiger partial charge is 0.477 e. The summed E-state index contributed by atoms with van der Waals surface area (Å²) in [5.41, 5.74) is 1.37. The summed E-state index contributed by atoms with van der Waals surface area (Å²) < 4.78 is 0. The Hall–Kier alpha value is -2.01. The van der Waals surface area contributed by atoms with Gasteiger partial charge in [0.2, 0.25) is 0 Å². The van der Waals surface area contributed by atoms with Crippen molar-refractivity contribution in [2.45, 2.75) is 6.92 Å². The standard InChI is InChI=1S/C11H10ClN3O2/c1-6-9(11(16)17)10(15-14-6)13-8-4-2-7(12)3-5-8/h2-5H,1H3,(H,16,17)(H2,13,14,15). The highest BCUT2D eigenvalue weighted by atomic mass is 35.5. The lowest BCUT2D eigenvalue weighted by atomic mass is 10.2. The zero-order chi connectivity index (χ0) is 12.4. The number of carboxylic acid groups (broad SMARTS) is 1. The first-order valence-electron chi connectivity index (χ1n) is 4.89. The fourth-order valence-electron chi connectivity index (χ4n) is 1.45. The van der Waals surface area contributed by atoms with E-state index in [1.165, 1.54) is 0 Å². The van der Waals surface area contributed by atoms with Gasteiger partial charge in [-0.15, -0.1) is 0 Å². The SMILES string of the molecule is Cc1[nH]nc(Nc2ccc(Cl)cc2)c1C(=O)O. The van der Waals surface area contributed by atoms with Gasteiger partial charge in [0, 0.05) is 16.4 Å². The van der Waals surface area contributed by atoms with Gasteiger partial charge in [0.1, 0.15) is 5.56 Å². The molecule has 1 aromatic heterocycles. The summed E-state index contributed by atoms with van der Waals surface area (Å²) in [5.74, 6) is -0.731. The average Bonchev–Trinajstić information content (AvgIpc) is 2.63. The Morgan fingerprint density at radius 2 is 2.06 bits per heavy atom. The van der Waals surface area contributed by atoms with Crippen molar-refractivity contribution in [3.05, 3.63) is 40.5 Å². The summed E-state index contributed by atoms with van der Waals surface area (Å²) in [6.07, 6.45) is 0. The number of H-pyrrole nitrogens is 1. The first kappa shape index (κ1) is 11.5. The minimum Gasteiger partial charge on any atom is -0.477 e. The third kappa shape index (κ3) is 2.39. The second-order valence-electron chi connectivity index (χ2n) is 3.51. The molecule has 0 amide bonds. The van der Waals surface area contributed by atoms with Crippen molar-refractivity contribution in [3.63, 3.8) is 0 Å². The number of carbonyl (C=O) groups is 1. The zero-order valence-electron chi connectivity index (χ0n) is 8.99. The summed E-state index contributed by atoms with van der Waals surface area (Å²) >= 11 is 5.76. The number of hydrogen-bond acceptors (Lipinski definition) is 3. The van der Waals surface area contributed by atoms with E-state index < -0.39 is 5.97 Å². The van der Waals surface area contributed by atoms with E-state index in [-0.39, 0.29) is 11.4 Å². The number of rotatable bonds is 3. The number of nitrogens with one attached hydrogen (secondary N) is 2. The number of aromatic amines is 1. The van der Waals surface area contributed by atoms with Gasteiger partial charge in [0.15, 0.2) is 5.82 Å².